The predicted octanol–water partition coefficient (Wildman–Crippen LogP) is 2.25. The maximum atomic E-state index is 12.7. The van der Waals surface area contributed by atoms with Gasteiger partial charge >= 0.3 is 0 Å². The van der Waals surface area contributed by atoms with Gasteiger partial charge in [-0.3, -0.25) is 0 Å². The van der Waals surface area contributed by atoms with Gasteiger partial charge < -0.3 is 5.32 Å². The quantitative estimate of drug-likeness (QED) is 0.642. The normalized spacial score (nSPS) is 16.1. The zero-order valence-electron chi connectivity index (χ0n) is 7.16. The van der Waals surface area contributed by atoms with Crippen molar-refractivity contribution in [2.75, 3.05) is 7.05 Å². The maximum absolute atomic E-state index is 12.7. The van der Waals surface area contributed by atoms with Gasteiger partial charge in [-0.25, -0.2) is 4.39 Å². The molecule has 0 spiro atoms. The molecule has 10 heavy (non-hydrogen) atoms. The summed E-state index contributed by atoms with van der Waals surface area (Å²) in [5.74, 6) is 0. The maximum Gasteiger partial charge on any atom is 0.137 e. The first-order valence-corrected chi connectivity index (χ1v) is 3.64. The summed E-state index contributed by atoms with van der Waals surface area (Å²) in [7, 11) is 1.75. The standard InChI is InChI=1S/C8H16FN/c1-5-6(2)8(10-4)7(3)9/h7,10H,5H2,1-4H3/b8-6+. The van der Waals surface area contributed by atoms with E-state index in [9.17, 15) is 4.39 Å². The van der Waals surface area contributed by atoms with E-state index in [0.29, 0.717) is 0 Å². The fourth-order valence-corrected chi connectivity index (χ4v) is 0.942. The molecule has 0 saturated heterocycles. The highest BCUT2D eigenvalue weighted by molar-refractivity contribution is 5.12. The van der Waals surface area contributed by atoms with Gasteiger partial charge in [0.2, 0.25) is 0 Å². The molecule has 0 fully saturated rings. The van der Waals surface area contributed by atoms with Gasteiger partial charge in [-0.05, 0) is 20.3 Å². The second kappa shape index (κ2) is 4.31. The van der Waals surface area contributed by atoms with E-state index in [4.69, 9.17) is 0 Å². The van der Waals surface area contributed by atoms with Crippen molar-refractivity contribution in [1.82, 2.24) is 5.32 Å². The van der Waals surface area contributed by atoms with Gasteiger partial charge in [0.15, 0.2) is 0 Å². The van der Waals surface area contributed by atoms with E-state index >= 15 is 0 Å². The summed E-state index contributed by atoms with van der Waals surface area (Å²) in [6.45, 7) is 5.52. The second-order valence-corrected chi connectivity index (χ2v) is 2.41. The monoisotopic (exact) mass is 145 g/mol. The molecule has 0 aromatic rings. The molecule has 1 N–H and O–H groups in total. The molecule has 0 aromatic carbocycles. The van der Waals surface area contributed by atoms with E-state index in [0.717, 1.165) is 17.7 Å². The Balaban J connectivity index is 4.29. The molecule has 0 saturated carbocycles. The minimum atomic E-state index is -0.870. The van der Waals surface area contributed by atoms with E-state index in [1.54, 1.807) is 14.0 Å². The van der Waals surface area contributed by atoms with Crippen LogP contribution in [0.2, 0.25) is 0 Å². The molecule has 1 atom stereocenters. The number of hydrogen-bond donors (Lipinski definition) is 1. The molecule has 0 aliphatic carbocycles. The first-order chi connectivity index (χ1) is 4.63. The molecule has 0 aliphatic rings. The minimum Gasteiger partial charge on any atom is -0.389 e. The van der Waals surface area contributed by atoms with Gasteiger partial charge in [0.25, 0.3) is 0 Å². The van der Waals surface area contributed by atoms with Gasteiger partial charge in [0.1, 0.15) is 6.17 Å². The zero-order chi connectivity index (χ0) is 8.15. The summed E-state index contributed by atoms with van der Waals surface area (Å²) in [6.07, 6.45) is 0.0368. The van der Waals surface area contributed by atoms with E-state index in [-0.39, 0.29) is 0 Å². The van der Waals surface area contributed by atoms with Crippen molar-refractivity contribution in [2.45, 2.75) is 33.4 Å². The molecular weight excluding hydrogens is 129 g/mol. The molecule has 0 rings (SSSR count). The number of halogens is 1. The van der Waals surface area contributed by atoms with Crippen LogP contribution >= 0.6 is 0 Å². The molecule has 1 nitrogen and oxygen atoms in total. The van der Waals surface area contributed by atoms with Gasteiger partial charge in [-0.2, -0.15) is 0 Å². The Bertz CT molecular complexity index is 127. The molecule has 0 heterocycles. The van der Waals surface area contributed by atoms with E-state index in [1.165, 1.54) is 0 Å². The van der Waals surface area contributed by atoms with Crippen LogP contribution in [0.4, 0.5) is 4.39 Å². The van der Waals surface area contributed by atoms with Crippen molar-refractivity contribution in [3.63, 3.8) is 0 Å². The van der Waals surface area contributed by atoms with Crippen molar-refractivity contribution in [3.05, 3.63) is 11.3 Å². The van der Waals surface area contributed by atoms with Gasteiger partial charge in [0, 0.05) is 12.7 Å². The largest absolute Gasteiger partial charge is 0.389 e. The summed E-state index contributed by atoms with van der Waals surface area (Å²) in [4.78, 5) is 0. The van der Waals surface area contributed by atoms with E-state index in [2.05, 4.69) is 5.32 Å². The third kappa shape index (κ3) is 2.38. The summed E-state index contributed by atoms with van der Waals surface area (Å²) < 4.78 is 12.7. The Hall–Kier alpha value is -0.530. The van der Waals surface area contributed by atoms with Crippen LogP contribution < -0.4 is 5.32 Å². The molecule has 0 amide bonds. The Morgan fingerprint density at radius 3 is 2.20 bits per heavy atom. The van der Waals surface area contributed by atoms with Crippen molar-refractivity contribution >= 4 is 0 Å². The first-order valence-electron chi connectivity index (χ1n) is 3.64. The average molecular weight is 145 g/mol. The van der Waals surface area contributed by atoms with Crippen LogP contribution in [-0.4, -0.2) is 13.2 Å². The number of rotatable bonds is 3. The average Bonchev–Trinajstić information content (AvgIpc) is 1.88. The van der Waals surface area contributed by atoms with Crippen LogP contribution in [0.15, 0.2) is 11.3 Å². The molecule has 1 unspecified atom stereocenters. The van der Waals surface area contributed by atoms with Crippen LogP contribution in [0.1, 0.15) is 27.2 Å². The summed E-state index contributed by atoms with van der Waals surface area (Å²) >= 11 is 0. The van der Waals surface area contributed by atoms with Crippen molar-refractivity contribution < 1.29 is 4.39 Å². The van der Waals surface area contributed by atoms with Crippen LogP contribution in [-0.2, 0) is 0 Å². The molecule has 0 radical (unpaired) electrons. The van der Waals surface area contributed by atoms with E-state index in [1.807, 2.05) is 13.8 Å². The third-order valence-electron chi connectivity index (χ3n) is 1.66. The third-order valence-corrected chi connectivity index (χ3v) is 1.66. The number of nitrogens with one attached hydrogen (secondary N) is 1. The van der Waals surface area contributed by atoms with Crippen molar-refractivity contribution in [3.8, 4) is 0 Å². The summed E-state index contributed by atoms with van der Waals surface area (Å²) in [5, 5.41) is 2.86. The molecule has 0 bridgehead atoms. The van der Waals surface area contributed by atoms with Crippen LogP contribution in [0.3, 0.4) is 0 Å². The lowest BCUT2D eigenvalue weighted by Gasteiger charge is -2.11. The summed E-state index contributed by atoms with van der Waals surface area (Å²) in [6, 6.07) is 0. The van der Waals surface area contributed by atoms with Gasteiger partial charge in [0.05, 0.1) is 0 Å². The number of allylic oxidation sites excluding steroid dienone is 2. The number of alkyl halides is 1. The van der Waals surface area contributed by atoms with Crippen LogP contribution in [0.5, 0.6) is 0 Å². The van der Waals surface area contributed by atoms with Crippen LogP contribution in [0, 0.1) is 0 Å². The number of hydrogen-bond acceptors (Lipinski definition) is 1. The molecular formula is C8H16FN. The van der Waals surface area contributed by atoms with Crippen molar-refractivity contribution in [2.24, 2.45) is 0 Å². The fourth-order valence-electron chi connectivity index (χ4n) is 0.942. The molecule has 60 valence electrons. The van der Waals surface area contributed by atoms with Gasteiger partial charge in [-0.15, -0.1) is 0 Å². The smallest absolute Gasteiger partial charge is 0.137 e. The van der Waals surface area contributed by atoms with Crippen LogP contribution in [0.25, 0.3) is 0 Å². The Morgan fingerprint density at radius 1 is 1.60 bits per heavy atom. The Labute approximate surface area is 62.3 Å². The van der Waals surface area contributed by atoms with E-state index < -0.39 is 6.17 Å². The molecule has 0 aliphatic heterocycles. The highest BCUT2D eigenvalue weighted by Crippen LogP contribution is 2.10. The summed E-state index contributed by atoms with van der Waals surface area (Å²) in [5.41, 5.74) is 1.82. The Morgan fingerprint density at radius 2 is 2.10 bits per heavy atom. The lowest BCUT2D eigenvalue weighted by atomic mass is 10.1. The lowest BCUT2D eigenvalue weighted by Crippen LogP contribution is -2.16. The zero-order valence-corrected chi connectivity index (χ0v) is 7.16. The lowest BCUT2D eigenvalue weighted by molar-refractivity contribution is 0.393. The highest BCUT2D eigenvalue weighted by Gasteiger charge is 2.06. The second-order valence-electron chi connectivity index (χ2n) is 2.41. The molecule has 0 aromatic heterocycles. The minimum absolute atomic E-state index is 0.725. The van der Waals surface area contributed by atoms with Gasteiger partial charge in [-0.1, -0.05) is 12.5 Å². The Kier molecular flexibility index (Phi) is 4.08. The SMILES string of the molecule is CC/C(C)=C(/NC)C(C)F. The topological polar surface area (TPSA) is 12.0 Å². The highest BCUT2D eigenvalue weighted by atomic mass is 19.1. The predicted molar refractivity (Wildman–Crippen MR) is 42.6 cm³/mol. The van der Waals surface area contributed by atoms with Crippen molar-refractivity contribution in [1.29, 1.82) is 0 Å². The molecule has 2 heteroatoms. The first kappa shape index (κ1) is 9.47. The fraction of sp³-hybridized carbons (Fsp3) is 0.750.